The summed E-state index contributed by atoms with van der Waals surface area (Å²) in [4.78, 5) is 43.3. The summed E-state index contributed by atoms with van der Waals surface area (Å²) in [6, 6.07) is 5.41. The van der Waals surface area contributed by atoms with Crippen molar-refractivity contribution in [3.05, 3.63) is 29.8 Å². The largest absolute Gasteiger partial charge is 0.481 e. The van der Waals surface area contributed by atoms with Gasteiger partial charge < -0.3 is 24.4 Å². The molecule has 37 heavy (non-hydrogen) atoms. The standard InChI is InChI=1S/C20H23N7O9S/c1-33-15-10-16(34-2)24-19(23-15)25-20(30)27-37(31,32)14-9-12(5-6-13(14)18(29)35-3)26-22-11-17(28)36-8-4-7-21/h5-6,9-10,22,26H,4,8,11H2,1-3H3,(H2,23,24,25,27,30). The quantitative estimate of drug-likeness (QED) is 0.161. The fourth-order valence-corrected chi connectivity index (χ4v) is 3.68. The van der Waals surface area contributed by atoms with E-state index in [2.05, 4.69) is 30.9 Å². The number of carbonyl (C=O) groups is 3. The predicted octanol–water partition coefficient (Wildman–Crippen LogP) is 0.164. The highest BCUT2D eigenvalue weighted by molar-refractivity contribution is 7.90. The maximum atomic E-state index is 13.0. The van der Waals surface area contributed by atoms with Gasteiger partial charge in [0.25, 0.3) is 10.0 Å². The summed E-state index contributed by atoms with van der Waals surface area (Å²) in [6.07, 6.45) is 0.0352. The summed E-state index contributed by atoms with van der Waals surface area (Å²) in [5, 5.41) is 10.6. The molecule has 4 N–H and O–H groups in total. The van der Waals surface area contributed by atoms with Crippen molar-refractivity contribution in [2.24, 2.45) is 0 Å². The van der Waals surface area contributed by atoms with E-state index in [1.54, 1.807) is 4.72 Å². The molecule has 0 atom stereocenters. The van der Waals surface area contributed by atoms with E-state index in [9.17, 15) is 22.8 Å². The highest BCUT2D eigenvalue weighted by Gasteiger charge is 2.26. The van der Waals surface area contributed by atoms with E-state index in [4.69, 9.17) is 19.5 Å². The van der Waals surface area contributed by atoms with Crippen LogP contribution in [0.5, 0.6) is 11.8 Å². The third-order valence-electron chi connectivity index (χ3n) is 4.17. The maximum Gasteiger partial charge on any atom is 0.339 e. The van der Waals surface area contributed by atoms with E-state index in [1.807, 2.05) is 6.07 Å². The molecule has 1 aromatic heterocycles. The van der Waals surface area contributed by atoms with Crippen LogP contribution in [0.3, 0.4) is 0 Å². The van der Waals surface area contributed by atoms with Gasteiger partial charge in [0, 0.05) is 0 Å². The van der Waals surface area contributed by atoms with Crippen LogP contribution in [0.25, 0.3) is 0 Å². The molecule has 2 rings (SSSR count). The van der Waals surface area contributed by atoms with Gasteiger partial charge in [0.05, 0.1) is 51.1 Å². The van der Waals surface area contributed by atoms with Gasteiger partial charge in [-0.05, 0) is 18.2 Å². The molecule has 0 saturated carbocycles. The Balaban J connectivity index is 2.20. The minimum absolute atomic E-state index is 0.0352. The molecule has 0 aliphatic heterocycles. The fourth-order valence-electron chi connectivity index (χ4n) is 2.55. The maximum absolute atomic E-state index is 13.0. The molecule has 198 valence electrons. The lowest BCUT2D eigenvalue weighted by molar-refractivity contribution is -0.142. The zero-order valence-corrected chi connectivity index (χ0v) is 20.7. The number of carbonyl (C=O) groups excluding carboxylic acids is 3. The number of methoxy groups -OCH3 is 3. The molecule has 1 heterocycles. The summed E-state index contributed by atoms with van der Waals surface area (Å²) in [5.41, 5.74) is 4.82. The topological polar surface area (TPSA) is 220 Å². The van der Waals surface area contributed by atoms with Crippen LogP contribution < -0.4 is 30.4 Å². The first-order valence-corrected chi connectivity index (χ1v) is 11.7. The summed E-state index contributed by atoms with van der Waals surface area (Å²) < 4.78 is 47.0. The molecule has 0 saturated heterocycles. The van der Waals surface area contributed by atoms with Crippen molar-refractivity contribution in [3.63, 3.8) is 0 Å². The number of nitrogens with one attached hydrogen (secondary N) is 4. The van der Waals surface area contributed by atoms with Crippen molar-refractivity contribution in [1.82, 2.24) is 20.1 Å². The average Bonchev–Trinajstić information content (AvgIpc) is 2.87. The van der Waals surface area contributed by atoms with Crippen LogP contribution in [0.4, 0.5) is 16.4 Å². The zero-order valence-electron chi connectivity index (χ0n) is 19.9. The van der Waals surface area contributed by atoms with Gasteiger partial charge in [0.2, 0.25) is 17.7 Å². The second kappa shape index (κ2) is 13.4. The Hall–Kier alpha value is -4.69. The van der Waals surface area contributed by atoms with Crippen LogP contribution in [0, 0.1) is 11.3 Å². The molecule has 16 nitrogen and oxygen atoms in total. The third-order valence-corrected chi connectivity index (χ3v) is 5.54. The highest BCUT2D eigenvalue weighted by atomic mass is 32.2. The number of esters is 2. The van der Waals surface area contributed by atoms with Crippen molar-refractivity contribution in [2.75, 3.05) is 45.2 Å². The molecule has 0 fully saturated rings. The molecule has 0 spiro atoms. The molecule has 1 aromatic carbocycles. The number of aromatic nitrogens is 2. The Kier molecular flexibility index (Phi) is 10.3. The number of amides is 2. The fraction of sp³-hybridized carbons (Fsp3) is 0.300. The zero-order chi connectivity index (χ0) is 27.4. The van der Waals surface area contributed by atoms with Crippen LogP contribution in [-0.4, -0.2) is 70.8 Å². The molecule has 2 amide bonds. The smallest absolute Gasteiger partial charge is 0.339 e. The number of ether oxygens (including phenoxy) is 4. The Morgan fingerprint density at radius 3 is 2.32 bits per heavy atom. The number of rotatable bonds is 12. The lowest BCUT2D eigenvalue weighted by atomic mass is 10.2. The average molecular weight is 538 g/mol. The minimum atomic E-state index is -4.65. The highest BCUT2D eigenvalue weighted by Crippen LogP contribution is 2.22. The molecular weight excluding hydrogens is 514 g/mol. The van der Waals surface area contributed by atoms with Crippen molar-refractivity contribution in [3.8, 4) is 17.8 Å². The number of nitrogens with zero attached hydrogens (tertiary/aromatic N) is 3. The first kappa shape index (κ1) is 28.5. The first-order chi connectivity index (χ1) is 17.6. The van der Waals surface area contributed by atoms with Gasteiger partial charge in [-0.15, -0.1) is 0 Å². The summed E-state index contributed by atoms with van der Waals surface area (Å²) in [5.74, 6) is -1.89. The monoisotopic (exact) mass is 537 g/mol. The van der Waals surface area contributed by atoms with Gasteiger partial charge in [-0.25, -0.2) is 28.2 Å². The van der Waals surface area contributed by atoms with Crippen LogP contribution in [0.2, 0.25) is 0 Å². The lowest BCUT2D eigenvalue weighted by Gasteiger charge is -2.14. The molecule has 0 aliphatic rings. The van der Waals surface area contributed by atoms with Crippen molar-refractivity contribution in [1.29, 1.82) is 5.26 Å². The minimum Gasteiger partial charge on any atom is -0.481 e. The number of anilines is 2. The number of hydrogen-bond acceptors (Lipinski definition) is 14. The van der Waals surface area contributed by atoms with Crippen molar-refractivity contribution < 1.29 is 41.7 Å². The lowest BCUT2D eigenvalue weighted by Crippen LogP contribution is -2.36. The van der Waals surface area contributed by atoms with Gasteiger partial charge in [-0.1, -0.05) is 0 Å². The summed E-state index contributed by atoms with van der Waals surface area (Å²) >= 11 is 0. The van der Waals surface area contributed by atoms with Gasteiger partial charge >= 0.3 is 18.0 Å². The van der Waals surface area contributed by atoms with E-state index < -0.39 is 32.9 Å². The van der Waals surface area contributed by atoms with Crippen LogP contribution in [0.1, 0.15) is 16.8 Å². The number of nitriles is 1. The molecule has 0 aliphatic carbocycles. The molecular formula is C20H23N7O9S. The van der Waals surface area contributed by atoms with Crippen LogP contribution in [-0.2, 0) is 24.3 Å². The van der Waals surface area contributed by atoms with Crippen molar-refractivity contribution in [2.45, 2.75) is 11.3 Å². The van der Waals surface area contributed by atoms with E-state index in [-0.39, 0.29) is 48.5 Å². The van der Waals surface area contributed by atoms with Crippen molar-refractivity contribution >= 4 is 39.6 Å². The molecule has 17 heteroatoms. The number of urea groups is 1. The Morgan fingerprint density at radius 1 is 1.05 bits per heavy atom. The Morgan fingerprint density at radius 2 is 1.73 bits per heavy atom. The normalized spacial score (nSPS) is 10.4. The summed E-state index contributed by atoms with van der Waals surface area (Å²) in [6.45, 7) is -0.397. The number of hydrogen-bond donors (Lipinski definition) is 4. The molecule has 0 unspecified atom stereocenters. The molecule has 0 bridgehead atoms. The Labute approximate surface area is 211 Å². The van der Waals surface area contributed by atoms with Crippen LogP contribution >= 0.6 is 0 Å². The predicted molar refractivity (Wildman–Crippen MR) is 125 cm³/mol. The van der Waals surface area contributed by atoms with Gasteiger partial charge in [-0.2, -0.15) is 15.2 Å². The van der Waals surface area contributed by atoms with E-state index >= 15 is 0 Å². The summed E-state index contributed by atoms with van der Waals surface area (Å²) in [7, 11) is -0.958. The second-order valence-corrected chi connectivity index (χ2v) is 8.30. The number of benzene rings is 1. The van der Waals surface area contributed by atoms with Gasteiger partial charge in [0.15, 0.2) is 0 Å². The first-order valence-electron chi connectivity index (χ1n) is 10.2. The third kappa shape index (κ3) is 8.48. The molecule has 0 radical (unpaired) electrons. The van der Waals surface area contributed by atoms with E-state index in [0.29, 0.717) is 0 Å². The molecule has 2 aromatic rings. The van der Waals surface area contributed by atoms with E-state index in [0.717, 1.165) is 19.2 Å². The van der Waals surface area contributed by atoms with E-state index in [1.165, 1.54) is 26.4 Å². The van der Waals surface area contributed by atoms with Crippen LogP contribution in [0.15, 0.2) is 29.2 Å². The Bertz CT molecular complexity index is 1270. The van der Waals surface area contributed by atoms with Gasteiger partial charge in [0.1, 0.15) is 18.0 Å². The SMILES string of the molecule is COC(=O)c1ccc(NNCC(=O)OCCC#N)cc1S(=O)(=O)NC(=O)Nc1nc(OC)cc(OC)n1. The number of sulfonamides is 1. The van der Waals surface area contributed by atoms with Gasteiger partial charge in [-0.3, -0.25) is 10.1 Å². The number of hydrazine groups is 1. The second-order valence-electron chi connectivity index (χ2n) is 6.65.